The van der Waals surface area contributed by atoms with Crippen LogP contribution >= 0.6 is 0 Å². The molecule has 0 radical (unpaired) electrons. The van der Waals surface area contributed by atoms with E-state index in [1.165, 1.54) is 38.5 Å². The molecule has 0 aromatic heterocycles. The zero-order chi connectivity index (χ0) is 21.7. The first kappa shape index (κ1) is 22.2. The number of carbonyl (C=O) groups is 1. The second-order valence-electron chi connectivity index (χ2n) is 11.9. The van der Waals surface area contributed by atoms with E-state index in [0.29, 0.717) is 22.7 Å². The van der Waals surface area contributed by atoms with Gasteiger partial charge in [0.1, 0.15) is 6.10 Å². The minimum absolute atomic E-state index is 0.108. The molecule has 4 rings (SSSR count). The molecule has 8 atom stereocenters. The highest BCUT2D eigenvalue weighted by atomic mass is 16.5. The van der Waals surface area contributed by atoms with Gasteiger partial charge in [-0.2, -0.15) is 0 Å². The zero-order valence-corrected chi connectivity index (χ0v) is 20.2. The average Bonchev–Trinajstić information content (AvgIpc) is 3.03. The first-order valence-corrected chi connectivity index (χ1v) is 12.7. The van der Waals surface area contributed by atoms with Gasteiger partial charge in [-0.25, -0.2) is 0 Å². The maximum atomic E-state index is 11.5. The van der Waals surface area contributed by atoms with Crippen molar-refractivity contribution in [3.63, 3.8) is 0 Å². The van der Waals surface area contributed by atoms with Gasteiger partial charge in [0, 0.05) is 13.3 Å². The van der Waals surface area contributed by atoms with Gasteiger partial charge in [-0.15, -0.1) is 0 Å². The number of rotatable bonds is 4. The van der Waals surface area contributed by atoms with Gasteiger partial charge in [-0.1, -0.05) is 58.4 Å². The van der Waals surface area contributed by atoms with E-state index in [4.69, 9.17) is 4.74 Å². The lowest BCUT2D eigenvalue weighted by atomic mass is 9.47. The SMILES string of the molecule is CC(=O)O[C@H]1CC[C@]2(C)C(=CC[C@@H]3[C@H]4CC[C@H]([C@@H](C)C=CC(C)C)[C@@]4(C)CC[C@H]32)C1. The van der Waals surface area contributed by atoms with Crippen molar-refractivity contribution in [2.45, 2.75) is 99.0 Å². The summed E-state index contributed by atoms with van der Waals surface area (Å²) < 4.78 is 5.60. The van der Waals surface area contributed by atoms with Gasteiger partial charge in [-0.3, -0.25) is 4.79 Å². The third-order valence-corrected chi connectivity index (χ3v) is 9.90. The largest absolute Gasteiger partial charge is 0.462 e. The molecule has 4 aliphatic rings. The predicted molar refractivity (Wildman–Crippen MR) is 124 cm³/mol. The van der Waals surface area contributed by atoms with Crippen molar-refractivity contribution >= 4 is 5.97 Å². The second kappa shape index (κ2) is 8.14. The quantitative estimate of drug-likeness (QED) is 0.356. The van der Waals surface area contributed by atoms with Crippen LogP contribution in [0.3, 0.4) is 0 Å². The van der Waals surface area contributed by atoms with Crippen LogP contribution < -0.4 is 0 Å². The van der Waals surface area contributed by atoms with E-state index in [1.54, 1.807) is 12.5 Å². The van der Waals surface area contributed by atoms with Crippen LogP contribution in [0.1, 0.15) is 92.9 Å². The molecule has 3 saturated carbocycles. The molecule has 0 aliphatic heterocycles. The summed E-state index contributed by atoms with van der Waals surface area (Å²) >= 11 is 0. The monoisotopic (exact) mass is 412 g/mol. The van der Waals surface area contributed by atoms with Gasteiger partial charge in [-0.05, 0) is 91.3 Å². The maximum Gasteiger partial charge on any atom is 0.302 e. The van der Waals surface area contributed by atoms with Crippen LogP contribution in [-0.2, 0) is 9.53 Å². The lowest BCUT2D eigenvalue weighted by Crippen LogP contribution is -2.51. The topological polar surface area (TPSA) is 26.3 Å². The van der Waals surface area contributed by atoms with Crippen LogP contribution in [0.5, 0.6) is 0 Å². The smallest absolute Gasteiger partial charge is 0.302 e. The van der Waals surface area contributed by atoms with Gasteiger partial charge >= 0.3 is 5.97 Å². The van der Waals surface area contributed by atoms with Crippen LogP contribution in [-0.4, -0.2) is 12.1 Å². The van der Waals surface area contributed by atoms with E-state index in [2.05, 4.69) is 52.8 Å². The Morgan fingerprint density at radius 2 is 1.83 bits per heavy atom. The van der Waals surface area contributed by atoms with Gasteiger partial charge in [0.25, 0.3) is 0 Å². The van der Waals surface area contributed by atoms with Crippen LogP contribution in [0, 0.1) is 46.3 Å². The normalized spacial score (nSPS) is 44.2. The van der Waals surface area contributed by atoms with E-state index in [0.717, 1.165) is 36.5 Å². The van der Waals surface area contributed by atoms with Crippen LogP contribution in [0.25, 0.3) is 0 Å². The Bertz CT molecular complexity index is 718. The molecule has 0 aromatic rings. The lowest BCUT2D eigenvalue weighted by molar-refractivity contribution is -0.148. The number of carbonyl (C=O) groups excluding carboxylic acids is 1. The van der Waals surface area contributed by atoms with E-state index in [1.807, 2.05) is 0 Å². The van der Waals surface area contributed by atoms with Crippen molar-refractivity contribution in [2.75, 3.05) is 0 Å². The molecule has 0 N–H and O–H groups in total. The summed E-state index contributed by atoms with van der Waals surface area (Å²) in [6.45, 7) is 13.8. The Hall–Kier alpha value is -1.05. The fourth-order valence-corrected chi connectivity index (χ4v) is 8.40. The number of esters is 1. The molecular weight excluding hydrogens is 368 g/mol. The summed E-state index contributed by atoms with van der Waals surface area (Å²) in [5.41, 5.74) is 2.45. The molecule has 30 heavy (non-hydrogen) atoms. The van der Waals surface area contributed by atoms with Crippen LogP contribution in [0.2, 0.25) is 0 Å². The van der Waals surface area contributed by atoms with Crippen molar-refractivity contribution in [1.29, 1.82) is 0 Å². The molecule has 0 heterocycles. The fraction of sp³-hybridized carbons (Fsp3) is 0.821. The minimum Gasteiger partial charge on any atom is -0.462 e. The Labute approximate surface area is 184 Å². The van der Waals surface area contributed by atoms with Gasteiger partial charge in [0.2, 0.25) is 0 Å². The summed E-state index contributed by atoms with van der Waals surface area (Å²) in [6, 6.07) is 0. The molecule has 0 saturated heterocycles. The van der Waals surface area contributed by atoms with Crippen molar-refractivity contribution in [3.05, 3.63) is 23.8 Å². The third kappa shape index (κ3) is 3.71. The van der Waals surface area contributed by atoms with E-state index in [-0.39, 0.29) is 12.1 Å². The summed E-state index contributed by atoms with van der Waals surface area (Å²) in [5, 5.41) is 0. The standard InChI is InChI=1S/C28H44O2/c1-18(2)7-8-19(3)24-11-12-25-23-10-9-21-17-22(30-20(4)29)13-15-27(21,5)26(23)14-16-28(24,25)6/h7-9,18-19,22-26H,10-17H2,1-6H3/t19-,22-,23+,24+,25+,26+,27+,28+/m0/s1. The highest BCUT2D eigenvalue weighted by Crippen LogP contribution is 2.67. The Kier molecular flexibility index (Phi) is 6.01. The van der Waals surface area contributed by atoms with Crippen molar-refractivity contribution < 1.29 is 9.53 Å². The molecule has 0 unspecified atom stereocenters. The number of fused-ring (bicyclic) bond motifs is 5. The average molecular weight is 413 g/mol. The highest BCUT2D eigenvalue weighted by molar-refractivity contribution is 5.66. The predicted octanol–water partition coefficient (Wildman–Crippen LogP) is 7.35. The molecule has 3 fully saturated rings. The second-order valence-corrected chi connectivity index (χ2v) is 11.9. The van der Waals surface area contributed by atoms with Crippen LogP contribution in [0.15, 0.2) is 23.8 Å². The molecule has 4 aliphatic carbocycles. The number of hydrogen-bond acceptors (Lipinski definition) is 2. The summed E-state index contributed by atoms with van der Waals surface area (Å²) in [6.07, 6.45) is 17.7. The Morgan fingerprint density at radius 1 is 1.07 bits per heavy atom. The fourth-order valence-electron chi connectivity index (χ4n) is 8.40. The highest BCUT2D eigenvalue weighted by Gasteiger charge is 2.59. The summed E-state index contributed by atoms with van der Waals surface area (Å²) in [7, 11) is 0. The van der Waals surface area contributed by atoms with E-state index >= 15 is 0 Å². The van der Waals surface area contributed by atoms with Crippen molar-refractivity contribution in [2.24, 2.45) is 46.3 Å². The number of ether oxygens (including phenoxy) is 1. The molecule has 0 bridgehead atoms. The maximum absolute atomic E-state index is 11.5. The van der Waals surface area contributed by atoms with Gasteiger partial charge in [0.15, 0.2) is 0 Å². The van der Waals surface area contributed by atoms with Crippen LogP contribution in [0.4, 0.5) is 0 Å². The van der Waals surface area contributed by atoms with E-state index in [9.17, 15) is 4.79 Å². The number of hydrogen-bond donors (Lipinski definition) is 0. The molecule has 168 valence electrons. The van der Waals surface area contributed by atoms with Gasteiger partial charge < -0.3 is 4.74 Å². The number of allylic oxidation sites excluding steroid dienone is 3. The Morgan fingerprint density at radius 3 is 2.53 bits per heavy atom. The molecule has 0 spiro atoms. The lowest BCUT2D eigenvalue weighted by Gasteiger charge is -2.58. The van der Waals surface area contributed by atoms with Gasteiger partial charge in [0.05, 0.1) is 0 Å². The Balaban J connectivity index is 1.53. The molecule has 2 heteroatoms. The molecule has 2 nitrogen and oxygen atoms in total. The summed E-state index contributed by atoms with van der Waals surface area (Å²) in [4.78, 5) is 11.5. The zero-order valence-electron chi connectivity index (χ0n) is 20.2. The van der Waals surface area contributed by atoms with E-state index < -0.39 is 0 Å². The van der Waals surface area contributed by atoms with Crippen molar-refractivity contribution in [1.82, 2.24) is 0 Å². The van der Waals surface area contributed by atoms with Crippen molar-refractivity contribution in [3.8, 4) is 0 Å². The third-order valence-electron chi connectivity index (χ3n) is 9.90. The first-order valence-electron chi connectivity index (χ1n) is 12.7. The first-order chi connectivity index (χ1) is 14.1. The minimum atomic E-state index is -0.121. The molecule has 0 aromatic carbocycles. The molecule has 0 amide bonds. The summed E-state index contributed by atoms with van der Waals surface area (Å²) in [5.74, 6) is 4.64. The molecular formula is C28H44O2.